The first-order valence-corrected chi connectivity index (χ1v) is 11.1. The van der Waals surface area contributed by atoms with Gasteiger partial charge in [0, 0.05) is 19.6 Å². The molecule has 142 valence electrons. The van der Waals surface area contributed by atoms with E-state index in [2.05, 4.69) is 39.8 Å². The summed E-state index contributed by atoms with van der Waals surface area (Å²) in [6.07, 6.45) is 11.8. The summed E-state index contributed by atoms with van der Waals surface area (Å²) >= 11 is 0. The molecule has 0 spiro atoms. The van der Waals surface area contributed by atoms with Crippen LogP contribution in [0, 0.1) is 23.2 Å². The lowest BCUT2D eigenvalue weighted by molar-refractivity contribution is -0.0444. The van der Waals surface area contributed by atoms with Gasteiger partial charge in [-0.15, -0.1) is 0 Å². The molecule has 0 unspecified atom stereocenters. The second-order valence-corrected chi connectivity index (χ2v) is 9.79. The molecule has 1 saturated heterocycles. The molecule has 4 aliphatic carbocycles. The molecule has 0 amide bonds. The van der Waals surface area contributed by atoms with Gasteiger partial charge in [-0.1, -0.05) is 12.1 Å². The van der Waals surface area contributed by atoms with Gasteiger partial charge in [0.15, 0.2) is 0 Å². The van der Waals surface area contributed by atoms with Crippen LogP contribution < -0.4 is 10.6 Å². The third kappa shape index (κ3) is 3.47. The van der Waals surface area contributed by atoms with Gasteiger partial charge >= 0.3 is 0 Å². The van der Waals surface area contributed by atoms with Crippen LogP contribution >= 0.6 is 0 Å². The van der Waals surface area contributed by atoms with Crippen molar-refractivity contribution < 1.29 is 0 Å². The number of anilines is 2. The monoisotopic (exact) mass is 353 g/mol. The molecule has 26 heavy (non-hydrogen) atoms. The molecule has 3 heteroatoms. The van der Waals surface area contributed by atoms with Crippen LogP contribution in [-0.4, -0.2) is 37.6 Å². The van der Waals surface area contributed by atoms with Gasteiger partial charge < -0.3 is 15.5 Å². The van der Waals surface area contributed by atoms with Gasteiger partial charge in [0.25, 0.3) is 0 Å². The van der Waals surface area contributed by atoms with E-state index in [1.165, 1.54) is 88.9 Å². The summed E-state index contributed by atoms with van der Waals surface area (Å²) in [4.78, 5) is 2.58. The predicted molar refractivity (Wildman–Crippen MR) is 110 cm³/mol. The minimum absolute atomic E-state index is 0.595. The molecule has 1 heterocycles. The number of nitrogens with zero attached hydrogens (tertiary/aromatic N) is 1. The topological polar surface area (TPSA) is 27.3 Å². The maximum atomic E-state index is 3.87. The lowest BCUT2D eigenvalue weighted by Crippen LogP contribution is -2.49. The Morgan fingerprint density at radius 2 is 1.42 bits per heavy atom. The predicted octanol–water partition coefficient (Wildman–Crippen LogP) is 4.82. The van der Waals surface area contributed by atoms with Crippen LogP contribution in [0.1, 0.15) is 51.4 Å². The minimum atomic E-state index is 0.595. The highest BCUT2D eigenvalue weighted by atomic mass is 15.2. The molecule has 0 aromatic heterocycles. The van der Waals surface area contributed by atoms with Crippen molar-refractivity contribution in [2.24, 2.45) is 23.2 Å². The summed E-state index contributed by atoms with van der Waals surface area (Å²) in [5.41, 5.74) is 3.19. The maximum Gasteiger partial charge on any atom is 0.0576 e. The van der Waals surface area contributed by atoms with Crippen molar-refractivity contribution in [2.75, 3.05) is 43.4 Å². The first kappa shape index (κ1) is 16.9. The van der Waals surface area contributed by atoms with Crippen LogP contribution in [0.25, 0.3) is 0 Å². The van der Waals surface area contributed by atoms with E-state index < -0.39 is 0 Å². The Bertz CT molecular complexity index is 584. The van der Waals surface area contributed by atoms with Crippen molar-refractivity contribution in [1.29, 1.82) is 0 Å². The molecule has 1 aromatic rings. The molecule has 3 nitrogen and oxygen atoms in total. The standard InChI is InChI=1S/C23H35N3/c1-2-6-22(21(5-1)24-7-10-26-8-3-4-9-26)25-17-23-14-18-11-19(15-23)13-20(12-18)16-23/h1-2,5-6,18-20,24-25H,3-4,7-17H2. The largest absolute Gasteiger partial charge is 0.383 e. The third-order valence-corrected chi connectivity index (χ3v) is 7.69. The smallest absolute Gasteiger partial charge is 0.0576 e. The molecule has 0 atom stereocenters. The first-order valence-electron chi connectivity index (χ1n) is 11.1. The Hall–Kier alpha value is -1.22. The minimum Gasteiger partial charge on any atom is -0.383 e. The molecule has 4 saturated carbocycles. The molecule has 2 N–H and O–H groups in total. The second kappa shape index (κ2) is 7.07. The molecule has 5 fully saturated rings. The van der Waals surface area contributed by atoms with Crippen molar-refractivity contribution in [1.82, 2.24) is 4.90 Å². The highest BCUT2D eigenvalue weighted by Crippen LogP contribution is 2.59. The van der Waals surface area contributed by atoms with Gasteiger partial charge in [-0.2, -0.15) is 0 Å². The molecule has 5 aliphatic rings. The fourth-order valence-corrected chi connectivity index (χ4v) is 6.94. The Balaban J connectivity index is 1.19. The van der Waals surface area contributed by atoms with E-state index in [0.29, 0.717) is 5.41 Å². The van der Waals surface area contributed by atoms with Crippen LogP contribution in [-0.2, 0) is 0 Å². The molecule has 0 radical (unpaired) electrons. The molecule has 1 aromatic carbocycles. The number of likely N-dealkylation sites (tertiary alicyclic amines) is 1. The number of benzene rings is 1. The first-order chi connectivity index (χ1) is 12.8. The Morgan fingerprint density at radius 1 is 0.846 bits per heavy atom. The molecular weight excluding hydrogens is 318 g/mol. The second-order valence-electron chi connectivity index (χ2n) is 9.79. The number of nitrogens with one attached hydrogen (secondary N) is 2. The van der Waals surface area contributed by atoms with E-state index >= 15 is 0 Å². The number of hydrogen-bond acceptors (Lipinski definition) is 3. The third-order valence-electron chi connectivity index (χ3n) is 7.69. The zero-order valence-electron chi connectivity index (χ0n) is 16.2. The van der Waals surface area contributed by atoms with Gasteiger partial charge in [-0.25, -0.2) is 0 Å². The van der Waals surface area contributed by atoms with Gasteiger partial charge in [-0.05, 0) is 99.8 Å². The van der Waals surface area contributed by atoms with Crippen LogP contribution in [0.15, 0.2) is 24.3 Å². The van der Waals surface area contributed by atoms with Crippen molar-refractivity contribution in [3.63, 3.8) is 0 Å². The van der Waals surface area contributed by atoms with E-state index in [1.54, 1.807) is 0 Å². The Morgan fingerprint density at radius 3 is 2.04 bits per heavy atom. The molecule has 6 rings (SSSR count). The van der Waals surface area contributed by atoms with E-state index in [-0.39, 0.29) is 0 Å². The summed E-state index contributed by atoms with van der Waals surface area (Å²) in [5, 5.41) is 7.57. The van der Waals surface area contributed by atoms with Gasteiger partial charge in [0.05, 0.1) is 11.4 Å². The zero-order chi connectivity index (χ0) is 17.4. The van der Waals surface area contributed by atoms with Crippen molar-refractivity contribution in [3.8, 4) is 0 Å². The summed E-state index contributed by atoms with van der Waals surface area (Å²) in [7, 11) is 0. The normalized spacial score (nSPS) is 35.8. The summed E-state index contributed by atoms with van der Waals surface area (Å²) in [6.45, 7) is 5.97. The van der Waals surface area contributed by atoms with Crippen molar-refractivity contribution >= 4 is 11.4 Å². The fourth-order valence-electron chi connectivity index (χ4n) is 6.94. The number of rotatable bonds is 7. The molecule has 1 aliphatic heterocycles. The van der Waals surface area contributed by atoms with Crippen LogP contribution in [0.2, 0.25) is 0 Å². The maximum absolute atomic E-state index is 3.87. The SMILES string of the molecule is c1ccc(NCC23CC4CC(CC(C4)C2)C3)c(NCCN2CCCC2)c1. The average molecular weight is 354 g/mol. The average Bonchev–Trinajstić information content (AvgIpc) is 3.13. The van der Waals surface area contributed by atoms with Gasteiger partial charge in [-0.3, -0.25) is 0 Å². The van der Waals surface area contributed by atoms with Crippen LogP contribution in [0.4, 0.5) is 11.4 Å². The Kier molecular flexibility index (Phi) is 4.60. The zero-order valence-corrected chi connectivity index (χ0v) is 16.2. The van der Waals surface area contributed by atoms with Crippen molar-refractivity contribution in [3.05, 3.63) is 24.3 Å². The van der Waals surface area contributed by atoms with Gasteiger partial charge in [0.1, 0.15) is 0 Å². The van der Waals surface area contributed by atoms with Gasteiger partial charge in [0.2, 0.25) is 0 Å². The quantitative estimate of drug-likeness (QED) is 0.736. The molecule has 4 bridgehead atoms. The van der Waals surface area contributed by atoms with Crippen molar-refractivity contribution in [2.45, 2.75) is 51.4 Å². The number of para-hydroxylation sites is 2. The van der Waals surface area contributed by atoms with E-state index in [1.807, 2.05) is 0 Å². The Labute approximate surface area is 158 Å². The highest BCUT2D eigenvalue weighted by molar-refractivity contribution is 5.68. The fraction of sp³-hybridized carbons (Fsp3) is 0.739. The summed E-state index contributed by atoms with van der Waals surface area (Å²) in [6, 6.07) is 8.84. The lowest BCUT2D eigenvalue weighted by atomic mass is 9.49. The lowest BCUT2D eigenvalue weighted by Gasteiger charge is -2.57. The highest BCUT2D eigenvalue weighted by Gasteiger charge is 2.50. The molecular formula is C23H35N3. The van der Waals surface area contributed by atoms with Crippen LogP contribution in [0.5, 0.6) is 0 Å². The summed E-state index contributed by atoms with van der Waals surface area (Å²) < 4.78 is 0. The van der Waals surface area contributed by atoms with E-state index in [9.17, 15) is 0 Å². The van der Waals surface area contributed by atoms with E-state index in [0.717, 1.165) is 24.3 Å². The number of hydrogen-bond donors (Lipinski definition) is 2. The van der Waals surface area contributed by atoms with Crippen LogP contribution in [0.3, 0.4) is 0 Å². The van der Waals surface area contributed by atoms with E-state index in [4.69, 9.17) is 0 Å². The summed E-state index contributed by atoms with van der Waals surface area (Å²) in [5.74, 6) is 3.12.